The van der Waals surface area contributed by atoms with Gasteiger partial charge in [-0.05, 0) is 13.0 Å². The lowest BCUT2D eigenvalue weighted by Crippen LogP contribution is -2.30. The summed E-state index contributed by atoms with van der Waals surface area (Å²) in [6, 6.07) is 1.73. The van der Waals surface area contributed by atoms with E-state index in [1.807, 2.05) is 0 Å². The smallest absolute Gasteiger partial charge is 0.332 e. The van der Waals surface area contributed by atoms with Gasteiger partial charge in [0.1, 0.15) is 0 Å². The van der Waals surface area contributed by atoms with E-state index in [-0.39, 0.29) is 18.8 Å². The van der Waals surface area contributed by atoms with Crippen LogP contribution in [0.5, 0.6) is 0 Å². The molecule has 1 amide bonds. The number of carboxylic acids is 1. The molecule has 0 aliphatic carbocycles. The molecule has 1 atom stereocenters. The standard InChI is InChI=1S/C11H13N5O4/c1-6-2-4-13-11-14-8(15-16(6)11)9(18)12-5-3-7(17)10(19)20/h2,4,7,17H,3,5H2,1H3,(H,12,18)(H,19,20). The van der Waals surface area contributed by atoms with Crippen molar-refractivity contribution in [2.24, 2.45) is 0 Å². The average Bonchev–Trinajstić information content (AvgIpc) is 2.84. The fourth-order valence-electron chi connectivity index (χ4n) is 1.53. The Morgan fingerprint density at radius 3 is 2.90 bits per heavy atom. The lowest BCUT2D eigenvalue weighted by Gasteiger charge is -2.05. The van der Waals surface area contributed by atoms with Gasteiger partial charge in [-0.25, -0.2) is 14.3 Å². The van der Waals surface area contributed by atoms with Gasteiger partial charge >= 0.3 is 5.97 Å². The second kappa shape index (κ2) is 5.61. The summed E-state index contributed by atoms with van der Waals surface area (Å²) in [5, 5.41) is 24.0. The molecule has 2 rings (SSSR count). The van der Waals surface area contributed by atoms with Crippen molar-refractivity contribution in [3.63, 3.8) is 0 Å². The Balaban J connectivity index is 2.01. The van der Waals surface area contributed by atoms with Crippen LogP contribution in [0, 0.1) is 6.92 Å². The molecule has 0 fully saturated rings. The first-order valence-corrected chi connectivity index (χ1v) is 5.86. The Morgan fingerprint density at radius 2 is 2.25 bits per heavy atom. The van der Waals surface area contributed by atoms with Crippen molar-refractivity contribution in [3.05, 3.63) is 23.8 Å². The zero-order valence-electron chi connectivity index (χ0n) is 10.6. The minimum Gasteiger partial charge on any atom is -0.479 e. The third kappa shape index (κ3) is 2.88. The highest BCUT2D eigenvalue weighted by Gasteiger charge is 2.16. The molecule has 0 saturated heterocycles. The van der Waals surface area contributed by atoms with Crippen LogP contribution in [0.15, 0.2) is 12.3 Å². The minimum absolute atomic E-state index is 0.00820. The molecule has 2 heterocycles. The number of aliphatic hydroxyl groups is 1. The number of nitrogens with zero attached hydrogens (tertiary/aromatic N) is 4. The van der Waals surface area contributed by atoms with Crippen molar-refractivity contribution < 1.29 is 19.8 Å². The van der Waals surface area contributed by atoms with Gasteiger partial charge in [-0.2, -0.15) is 4.98 Å². The van der Waals surface area contributed by atoms with Gasteiger partial charge in [-0.1, -0.05) is 0 Å². The van der Waals surface area contributed by atoms with Crippen molar-refractivity contribution in [2.75, 3.05) is 6.54 Å². The molecule has 0 aliphatic rings. The van der Waals surface area contributed by atoms with E-state index in [1.165, 1.54) is 4.52 Å². The van der Waals surface area contributed by atoms with E-state index in [9.17, 15) is 9.59 Å². The molecule has 9 heteroatoms. The van der Waals surface area contributed by atoms with Crippen molar-refractivity contribution in [1.29, 1.82) is 0 Å². The van der Waals surface area contributed by atoms with Gasteiger partial charge in [0.25, 0.3) is 11.7 Å². The molecule has 2 aromatic rings. The molecule has 2 aromatic heterocycles. The summed E-state index contributed by atoms with van der Waals surface area (Å²) in [6.45, 7) is 1.81. The quantitative estimate of drug-likeness (QED) is 0.639. The van der Waals surface area contributed by atoms with Crippen LogP contribution < -0.4 is 5.32 Å². The molecule has 20 heavy (non-hydrogen) atoms. The van der Waals surface area contributed by atoms with Gasteiger partial charge in [0.05, 0.1) is 0 Å². The van der Waals surface area contributed by atoms with E-state index in [4.69, 9.17) is 10.2 Å². The van der Waals surface area contributed by atoms with Gasteiger partial charge in [-0.15, -0.1) is 5.10 Å². The van der Waals surface area contributed by atoms with Crippen LogP contribution in [0.25, 0.3) is 5.78 Å². The molecule has 0 aromatic carbocycles. The van der Waals surface area contributed by atoms with E-state index in [0.29, 0.717) is 5.78 Å². The van der Waals surface area contributed by atoms with E-state index in [1.54, 1.807) is 19.2 Å². The Labute approximate surface area is 113 Å². The minimum atomic E-state index is -1.51. The van der Waals surface area contributed by atoms with Crippen LogP contribution in [0.2, 0.25) is 0 Å². The Bertz CT molecular complexity index is 653. The summed E-state index contributed by atoms with van der Waals surface area (Å²) < 4.78 is 1.43. The lowest BCUT2D eigenvalue weighted by atomic mass is 10.2. The zero-order chi connectivity index (χ0) is 14.7. The van der Waals surface area contributed by atoms with Crippen molar-refractivity contribution in [2.45, 2.75) is 19.4 Å². The SMILES string of the molecule is Cc1ccnc2nc(C(=O)NCCC(O)C(=O)O)nn12. The van der Waals surface area contributed by atoms with Gasteiger partial charge < -0.3 is 15.5 Å². The Hall–Kier alpha value is -2.55. The number of amides is 1. The number of hydrogen-bond donors (Lipinski definition) is 3. The van der Waals surface area contributed by atoms with Crippen LogP contribution in [0.3, 0.4) is 0 Å². The number of hydrogen-bond acceptors (Lipinski definition) is 6. The number of rotatable bonds is 5. The van der Waals surface area contributed by atoms with Crippen molar-refractivity contribution in [3.8, 4) is 0 Å². The maximum atomic E-state index is 11.8. The first kappa shape index (κ1) is 13.9. The van der Waals surface area contributed by atoms with E-state index in [0.717, 1.165) is 5.69 Å². The van der Waals surface area contributed by atoms with Crippen LogP contribution in [-0.2, 0) is 4.79 Å². The first-order chi connectivity index (χ1) is 9.49. The number of carbonyl (C=O) groups excluding carboxylic acids is 1. The van der Waals surface area contributed by atoms with Crippen molar-refractivity contribution >= 4 is 17.7 Å². The maximum Gasteiger partial charge on any atom is 0.332 e. The molecule has 0 spiro atoms. The highest BCUT2D eigenvalue weighted by atomic mass is 16.4. The maximum absolute atomic E-state index is 11.8. The summed E-state index contributed by atoms with van der Waals surface area (Å²) in [5.74, 6) is -1.63. The molecule has 0 bridgehead atoms. The Kier molecular flexibility index (Phi) is 3.89. The van der Waals surface area contributed by atoms with Crippen LogP contribution in [-0.4, -0.2) is 54.3 Å². The molecule has 0 saturated carbocycles. The van der Waals surface area contributed by atoms with Crippen molar-refractivity contribution in [1.82, 2.24) is 24.9 Å². The summed E-state index contributed by atoms with van der Waals surface area (Å²) in [6.07, 6.45) is -0.0380. The average molecular weight is 279 g/mol. The van der Waals surface area contributed by atoms with Crippen LogP contribution >= 0.6 is 0 Å². The number of carbonyl (C=O) groups is 2. The largest absolute Gasteiger partial charge is 0.479 e. The van der Waals surface area contributed by atoms with Crippen LogP contribution in [0.1, 0.15) is 22.7 Å². The van der Waals surface area contributed by atoms with Gasteiger partial charge in [-0.3, -0.25) is 4.79 Å². The monoisotopic (exact) mass is 279 g/mol. The number of fused-ring (bicyclic) bond motifs is 1. The van der Waals surface area contributed by atoms with E-state index >= 15 is 0 Å². The number of aromatic nitrogens is 4. The molecule has 1 unspecified atom stereocenters. The second-order valence-corrected chi connectivity index (χ2v) is 4.13. The molecule has 9 nitrogen and oxygen atoms in total. The fraction of sp³-hybridized carbons (Fsp3) is 0.364. The summed E-state index contributed by atoms with van der Waals surface area (Å²) in [5.41, 5.74) is 0.780. The number of carboxylic acid groups (broad SMARTS) is 1. The zero-order valence-corrected chi connectivity index (χ0v) is 10.6. The molecule has 0 aliphatic heterocycles. The molecule has 3 N–H and O–H groups in total. The van der Waals surface area contributed by atoms with Gasteiger partial charge in [0.15, 0.2) is 6.10 Å². The number of aryl methyl sites for hydroxylation is 1. The molecular weight excluding hydrogens is 266 g/mol. The number of aliphatic hydroxyl groups excluding tert-OH is 1. The Morgan fingerprint density at radius 1 is 1.50 bits per heavy atom. The topological polar surface area (TPSA) is 130 Å². The lowest BCUT2D eigenvalue weighted by molar-refractivity contribution is -0.146. The summed E-state index contributed by atoms with van der Waals surface area (Å²) in [7, 11) is 0. The van der Waals surface area contributed by atoms with E-state index < -0.39 is 18.0 Å². The normalized spacial score (nSPS) is 12.3. The highest BCUT2D eigenvalue weighted by molar-refractivity contribution is 5.90. The first-order valence-electron chi connectivity index (χ1n) is 5.86. The number of aliphatic carboxylic acids is 1. The molecule has 0 radical (unpaired) electrons. The third-order valence-corrected chi connectivity index (χ3v) is 2.62. The predicted molar refractivity (Wildman–Crippen MR) is 66.1 cm³/mol. The predicted octanol–water partition coefficient (Wildman–Crippen LogP) is -1.00. The van der Waals surface area contributed by atoms with Gasteiger partial charge in [0.2, 0.25) is 5.82 Å². The third-order valence-electron chi connectivity index (χ3n) is 2.62. The fourth-order valence-corrected chi connectivity index (χ4v) is 1.53. The van der Waals surface area contributed by atoms with E-state index in [2.05, 4.69) is 20.4 Å². The highest BCUT2D eigenvalue weighted by Crippen LogP contribution is 2.01. The molecule has 106 valence electrons. The van der Waals surface area contributed by atoms with Crippen LogP contribution in [0.4, 0.5) is 0 Å². The van der Waals surface area contributed by atoms with Gasteiger partial charge in [0, 0.05) is 24.9 Å². The molecular formula is C11H13N5O4. The second-order valence-electron chi connectivity index (χ2n) is 4.13. The number of nitrogens with one attached hydrogen (secondary N) is 1. The summed E-state index contributed by atoms with van der Waals surface area (Å²) in [4.78, 5) is 30.1. The summed E-state index contributed by atoms with van der Waals surface area (Å²) >= 11 is 0.